The van der Waals surface area contributed by atoms with Crippen molar-refractivity contribution in [2.45, 2.75) is 83.5 Å². The van der Waals surface area contributed by atoms with Gasteiger partial charge in [-0.3, -0.25) is 0 Å². The SMILES string of the molecule is CC1CCCC2SC(NC(=O)NCc3c(C(F)(F)F)sc4c3CCNC4)=C(C(=O)OC(C)(C)C)C12. The van der Waals surface area contributed by atoms with Gasteiger partial charge >= 0.3 is 18.2 Å². The molecule has 3 aliphatic rings. The zero-order chi connectivity index (χ0) is 25.5. The Morgan fingerprint density at radius 3 is 2.63 bits per heavy atom. The number of carbonyl (C=O) groups excluding carboxylic acids is 2. The van der Waals surface area contributed by atoms with E-state index in [1.165, 1.54) is 11.8 Å². The standard InChI is InChI=1S/C24H32F3N3O3S2/c1-12-6-5-7-15-17(12)18(21(31)33-23(2,3)4)20(35-15)30-22(32)29-10-14-13-8-9-28-11-16(13)34-19(14)24(25,26)27/h12,15,17,28H,5-11H2,1-4H3,(H2,29,30,32). The number of carbonyl (C=O) groups is 2. The van der Waals surface area contributed by atoms with E-state index in [1.54, 1.807) is 20.8 Å². The number of amides is 2. The number of halogens is 3. The van der Waals surface area contributed by atoms with Crippen LogP contribution in [0.3, 0.4) is 0 Å². The molecule has 1 aromatic rings. The maximum absolute atomic E-state index is 13.7. The summed E-state index contributed by atoms with van der Waals surface area (Å²) in [5, 5.41) is 9.11. The third kappa shape index (κ3) is 5.83. The Hall–Kier alpha value is -1.72. The van der Waals surface area contributed by atoms with Crippen LogP contribution in [0.1, 0.15) is 67.8 Å². The Morgan fingerprint density at radius 2 is 1.94 bits per heavy atom. The highest BCUT2D eigenvalue weighted by atomic mass is 32.2. The number of fused-ring (bicyclic) bond motifs is 2. The molecule has 4 rings (SSSR count). The van der Waals surface area contributed by atoms with Crippen LogP contribution in [-0.4, -0.2) is 29.4 Å². The first-order chi connectivity index (χ1) is 16.3. The van der Waals surface area contributed by atoms with E-state index in [2.05, 4.69) is 22.9 Å². The van der Waals surface area contributed by atoms with E-state index >= 15 is 0 Å². The number of thiophene rings is 1. The summed E-state index contributed by atoms with van der Waals surface area (Å²) < 4.78 is 46.7. The van der Waals surface area contributed by atoms with Crippen molar-refractivity contribution in [2.75, 3.05) is 6.54 Å². The quantitative estimate of drug-likeness (QED) is 0.459. The molecule has 1 aromatic heterocycles. The summed E-state index contributed by atoms with van der Waals surface area (Å²) >= 11 is 2.21. The molecule has 1 aliphatic carbocycles. The van der Waals surface area contributed by atoms with E-state index in [9.17, 15) is 22.8 Å². The fraction of sp³-hybridized carbons (Fsp3) is 0.667. The third-order valence-electron chi connectivity index (χ3n) is 6.58. The Bertz CT molecular complexity index is 1030. The molecule has 0 aromatic carbocycles. The van der Waals surface area contributed by atoms with Crippen molar-refractivity contribution in [3.63, 3.8) is 0 Å². The van der Waals surface area contributed by atoms with Crippen LogP contribution in [-0.2, 0) is 35.2 Å². The molecule has 3 heterocycles. The highest BCUT2D eigenvalue weighted by molar-refractivity contribution is 8.04. The maximum Gasteiger partial charge on any atom is 0.425 e. The number of thioether (sulfide) groups is 1. The van der Waals surface area contributed by atoms with Crippen molar-refractivity contribution in [1.29, 1.82) is 0 Å². The topological polar surface area (TPSA) is 79.5 Å². The molecule has 0 spiro atoms. The van der Waals surface area contributed by atoms with Gasteiger partial charge in [0.05, 0.1) is 10.6 Å². The van der Waals surface area contributed by atoms with Crippen molar-refractivity contribution in [3.05, 3.63) is 31.5 Å². The fourth-order valence-corrected chi connectivity index (χ4v) is 7.97. The van der Waals surface area contributed by atoms with Gasteiger partial charge in [-0.25, -0.2) is 9.59 Å². The first kappa shape index (κ1) is 26.3. The molecule has 0 radical (unpaired) electrons. The van der Waals surface area contributed by atoms with E-state index in [0.29, 0.717) is 40.6 Å². The Balaban J connectivity index is 1.53. The number of hydrogen-bond acceptors (Lipinski definition) is 6. The van der Waals surface area contributed by atoms with Gasteiger partial charge < -0.3 is 20.7 Å². The zero-order valence-electron chi connectivity index (χ0n) is 20.4. The second-order valence-corrected chi connectivity index (χ2v) is 12.7. The van der Waals surface area contributed by atoms with E-state index < -0.39 is 28.7 Å². The van der Waals surface area contributed by atoms with Gasteiger partial charge in [-0.1, -0.05) is 19.8 Å². The number of urea groups is 1. The van der Waals surface area contributed by atoms with Crippen LogP contribution in [0.25, 0.3) is 0 Å². The molecular weight excluding hydrogens is 499 g/mol. The fourth-order valence-electron chi connectivity index (χ4n) is 5.13. The predicted octanol–water partition coefficient (Wildman–Crippen LogP) is 5.32. The molecule has 1 fully saturated rings. The van der Waals surface area contributed by atoms with E-state index in [-0.39, 0.29) is 29.2 Å². The number of alkyl halides is 3. The van der Waals surface area contributed by atoms with Crippen molar-refractivity contribution in [3.8, 4) is 0 Å². The lowest BCUT2D eigenvalue weighted by Crippen LogP contribution is -2.36. The van der Waals surface area contributed by atoms with E-state index in [0.717, 1.165) is 30.6 Å². The summed E-state index contributed by atoms with van der Waals surface area (Å²) in [5.41, 5.74) is 0.605. The molecule has 3 N–H and O–H groups in total. The van der Waals surface area contributed by atoms with Crippen molar-refractivity contribution in [1.82, 2.24) is 16.0 Å². The molecule has 3 unspecified atom stereocenters. The summed E-state index contributed by atoms with van der Waals surface area (Å²) in [6.45, 7) is 8.27. The number of hydrogen-bond donors (Lipinski definition) is 3. The summed E-state index contributed by atoms with van der Waals surface area (Å²) in [7, 11) is 0. The van der Waals surface area contributed by atoms with Gasteiger partial charge in [0.15, 0.2) is 0 Å². The molecule has 0 bridgehead atoms. The van der Waals surface area contributed by atoms with Crippen LogP contribution in [0, 0.1) is 11.8 Å². The zero-order valence-corrected chi connectivity index (χ0v) is 22.0. The second-order valence-electron chi connectivity index (χ2n) is 10.4. The minimum atomic E-state index is -4.48. The third-order valence-corrected chi connectivity index (χ3v) is 9.28. The van der Waals surface area contributed by atoms with Crippen LogP contribution in [0.2, 0.25) is 0 Å². The molecule has 0 saturated heterocycles. The van der Waals surface area contributed by atoms with Gasteiger partial charge in [0.2, 0.25) is 0 Å². The highest BCUT2D eigenvalue weighted by Crippen LogP contribution is 2.51. The summed E-state index contributed by atoms with van der Waals surface area (Å²) in [5.74, 6) is -0.196. The monoisotopic (exact) mass is 531 g/mol. The molecule has 194 valence electrons. The van der Waals surface area contributed by atoms with Gasteiger partial charge in [-0.05, 0) is 57.2 Å². The molecule has 11 heteroatoms. The van der Waals surface area contributed by atoms with Crippen LogP contribution in [0.4, 0.5) is 18.0 Å². The molecule has 3 atom stereocenters. The van der Waals surface area contributed by atoms with Gasteiger partial charge in [0.25, 0.3) is 0 Å². The first-order valence-corrected chi connectivity index (χ1v) is 13.6. The van der Waals surface area contributed by atoms with Gasteiger partial charge in [0, 0.05) is 29.1 Å². The lowest BCUT2D eigenvalue weighted by atomic mass is 9.76. The Kier molecular flexibility index (Phi) is 7.51. The maximum atomic E-state index is 13.7. The molecule has 35 heavy (non-hydrogen) atoms. The minimum Gasteiger partial charge on any atom is -0.457 e. The number of rotatable bonds is 4. The van der Waals surface area contributed by atoms with Crippen molar-refractivity contribution >= 4 is 35.1 Å². The van der Waals surface area contributed by atoms with Crippen LogP contribution in [0.15, 0.2) is 10.6 Å². The molecule has 2 amide bonds. The molecule has 1 saturated carbocycles. The number of nitrogens with one attached hydrogen (secondary N) is 3. The van der Waals surface area contributed by atoms with Crippen LogP contribution < -0.4 is 16.0 Å². The second kappa shape index (κ2) is 9.97. The largest absolute Gasteiger partial charge is 0.457 e. The average molecular weight is 532 g/mol. The summed E-state index contributed by atoms with van der Waals surface area (Å²) in [4.78, 5) is 26.0. The molecule has 2 aliphatic heterocycles. The lowest BCUT2D eigenvalue weighted by molar-refractivity contribution is -0.150. The lowest BCUT2D eigenvalue weighted by Gasteiger charge is -2.32. The van der Waals surface area contributed by atoms with Gasteiger partial charge in [-0.2, -0.15) is 13.2 Å². The van der Waals surface area contributed by atoms with Gasteiger partial charge in [0.1, 0.15) is 10.5 Å². The minimum absolute atomic E-state index is 0.0212. The summed E-state index contributed by atoms with van der Waals surface area (Å²) in [6, 6.07) is -0.623. The van der Waals surface area contributed by atoms with Crippen LogP contribution in [0.5, 0.6) is 0 Å². The smallest absolute Gasteiger partial charge is 0.425 e. The van der Waals surface area contributed by atoms with Crippen molar-refractivity contribution < 1.29 is 27.5 Å². The van der Waals surface area contributed by atoms with E-state index in [1.807, 2.05) is 0 Å². The summed E-state index contributed by atoms with van der Waals surface area (Å²) in [6.07, 6.45) is -1.01. The Labute approximate surface area is 211 Å². The Morgan fingerprint density at radius 1 is 1.20 bits per heavy atom. The first-order valence-electron chi connectivity index (χ1n) is 12.0. The predicted molar refractivity (Wildman–Crippen MR) is 131 cm³/mol. The molecule has 6 nitrogen and oxygen atoms in total. The number of ether oxygens (including phenoxy) is 1. The molecular formula is C24H32F3N3O3S2. The van der Waals surface area contributed by atoms with Crippen molar-refractivity contribution in [2.24, 2.45) is 11.8 Å². The normalized spacial score (nSPS) is 24.6. The number of esters is 1. The van der Waals surface area contributed by atoms with E-state index in [4.69, 9.17) is 4.74 Å². The average Bonchev–Trinajstić information content (AvgIpc) is 3.30. The van der Waals surface area contributed by atoms with Crippen LogP contribution >= 0.6 is 23.1 Å². The van der Waals surface area contributed by atoms with Gasteiger partial charge in [-0.15, -0.1) is 23.1 Å². The highest BCUT2D eigenvalue weighted by Gasteiger charge is 2.45.